The smallest absolute Gasteiger partial charge is 0.247 e. The average molecular weight is 108 g/mol. The van der Waals surface area contributed by atoms with Crippen molar-refractivity contribution >= 4 is 15.6 Å². The normalized spacial score (nSPS) is 10.8. The van der Waals surface area contributed by atoms with Crippen LogP contribution >= 0.6 is 0 Å². The van der Waals surface area contributed by atoms with E-state index in [2.05, 4.69) is 5.14 Å². The minimum atomic E-state index is -3.62. The summed E-state index contributed by atoms with van der Waals surface area (Å²) in [5.74, 6) is 0. The molecule has 0 saturated heterocycles. The molecule has 0 amide bonds. The molecule has 0 spiro atoms. The van der Waals surface area contributed by atoms with E-state index in [0.717, 1.165) is 0 Å². The lowest BCUT2D eigenvalue weighted by Crippen LogP contribution is -2.11. The van der Waals surface area contributed by atoms with Crippen molar-refractivity contribution in [2.45, 2.75) is 0 Å². The van der Waals surface area contributed by atoms with E-state index in [-0.39, 0.29) is 5.55 Å². The van der Waals surface area contributed by atoms with Gasteiger partial charge >= 0.3 is 0 Å². The molecule has 0 saturated carbocycles. The van der Waals surface area contributed by atoms with Gasteiger partial charge in [0.25, 0.3) is 0 Å². The molecular formula is CH4N2O2S. The van der Waals surface area contributed by atoms with Gasteiger partial charge in [0, 0.05) is 0 Å². The van der Waals surface area contributed by atoms with Crippen LogP contribution in [0.5, 0.6) is 0 Å². The molecule has 0 atom stereocenters. The summed E-state index contributed by atoms with van der Waals surface area (Å²) in [6, 6.07) is 0. The Kier molecular flexibility index (Phi) is 1.26. The molecule has 0 heterocycles. The molecule has 3 N–H and O–H groups in total. The molecule has 0 aliphatic heterocycles. The van der Waals surface area contributed by atoms with Crippen molar-refractivity contribution in [3.05, 3.63) is 0 Å². The Bertz CT molecular complexity index is 122. The van der Waals surface area contributed by atoms with Crippen LogP contribution in [-0.2, 0) is 10.0 Å². The highest BCUT2D eigenvalue weighted by atomic mass is 32.2. The van der Waals surface area contributed by atoms with Crippen LogP contribution in [0.25, 0.3) is 0 Å². The Morgan fingerprint density at radius 3 is 1.83 bits per heavy atom. The molecule has 36 valence electrons. The highest BCUT2D eigenvalue weighted by Gasteiger charge is 1.87. The van der Waals surface area contributed by atoms with Gasteiger partial charge in [0.15, 0.2) is 0 Å². The lowest BCUT2D eigenvalue weighted by molar-refractivity contribution is 0.609. The second-order valence-corrected chi connectivity index (χ2v) is 2.12. The second-order valence-electron chi connectivity index (χ2n) is 0.707. The van der Waals surface area contributed by atoms with Gasteiger partial charge in [0.1, 0.15) is 5.55 Å². The fourth-order valence-electron chi connectivity index (χ4n) is 0. The fraction of sp³-hybridized carbons (Fsp3) is 0. The van der Waals surface area contributed by atoms with Gasteiger partial charge < -0.3 is 0 Å². The topological polar surface area (TPSA) is 84.0 Å². The molecule has 6 heavy (non-hydrogen) atoms. The van der Waals surface area contributed by atoms with Gasteiger partial charge in [0.2, 0.25) is 10.0 Å². The summed E-state index contributed by atoms with van der Waals surface area (Å²) < 4.78 is 19.1. The molecular weight excluding hydrogens is 104 g/mol. The molecule has 0 aliphatic carbocycles. The summed E-state index contributed by atoms with van der Waals surface area (Å²) in [6.45, 7) is 0. The standard InChI is InChI=1S/CH4N2O2S/c2-1-6(3,4)5/h1-2H,(H2,3,4,5). The van der Waals surface area contributed by atoms with Crippen molar-refractivity contribution in [3.8, 4) is 0 Å². The predicted molar refractivity (Wildman–Crippen MR) is 21.9 cm³/mol. The Balaban J connectivity index is 4.25. The highest BCUT2D eigenvalue weighted by Crippen LogP contribution is 1.57. The van der Waals surface area contributed by atoms with Crippen LogP contribution in [0.1, 0.15) is 0 Å². The van der Waals surface area contributed by atoms with Gasteiger partial charge in [-0.15, -0.1) is 0 Å². The Morgan fingerprint density at radius 2 is 1.83 bits per heavy atom. The molecule has 0 aromatic heterocycles. The minimum Gasteiger partial charge on any atom is -0.296 e. The van der Waals surface area contributed by atoms with Gasteiger partial charge in [-0.2, -0.15) is 0 Å². The van der Waals surface area contributed by atoms with Crippen molar-refractivity contribution in [3.63, 3.8) is 0 Å². The van der Waals surface area contributed by atoms with Gasteiger partial charge in [-0.05, 0) is 0 Å². The largest absolute Gasteiger partial charge is 0.296 e. The summed E-state index contributed by atoms with van der Waals surface area (Å²) in [4.78, 5) is 0. The first kappa shape index (κ1) is 5.58. The van der Waals surface area contributed by atoms with Gasteiger partial charge in [-0.3, -0.25) is 5.41 Å². The molecule has 5 heteroatoms. The number of nitrogens with two attached hydrogens (primary N) is 1. The van der Waals surface area contributed by atoms with E-state index in [1.807, 2.05) is 0 Å². The van der Waals surface area contributed by atoms with Gasteiger partial charge in [-0.1, -0.05) is 0 Å². The Morgan fingerprint density at radius 1 is 1.67 bits per heavy atom. The van der Waals surface area contributed by atoms with E-state index in [9.17, 15) is 8.42 Å². The van der Waals surface area contributed by atoms with E-state index in [4.69, 9.17) is 5.41 Å². The maximum absolute atomic E-state index is 9.53. The van der Waals surface area contributed by atoms with Crippen LogP contribution in [0.2, 0.25) is 0 Å². The van der Waals surface area contributed by atoms with Gasteiger partial charge in [-0.25, -0.2) is 13.6 Å². The zero-order chi connectivity index (χ0) is 5.21. The number of nitrogens with one attached hydrogen (secondary N) is 1. The van der Waals surface area contributed by atoms with Crippen molar-refractivity contribution in [1.82, 2.24) is 0 Å². The molecule has 0 aliphatic rings. The van der Waals surface area contributed by atoms with Crippen molar-refractivity contribution < 1.29 is 8.42 Å². The molecule has 0 fully saturated rings. The van der Waals surface area contributed by atoms with Crippen LogP contribution < -0.4 is 5.14 Å². The number of sulfonamides is 1. The monoisotopic (exact) mass is 108 g/mol. The Labute approximate surface area is 35.5 Å². The number of hydrogen-bond donors (Lipinski definition) is 2. The molecule has 4 nitrogen and oxygen atoms in total. The summed E-state index contributed by atoms with van der Waals surface area (Å²) in [7, 11) is -3.62. The average Bonchev–Trinajstić information content (AvgIpc) is 1.35. The van der Waals surface area contributed by atoms with E-state index in [0.29, 0.717) is 0 Å². The zero-order valence-corrected chi connectivity index (χ0v) is 3.70. The Hall–Kier alpha value is -0.420. The fourth-order valence-corrected chi connectivity index (χ4v) is 0. The summed E-state index contributed by atoms with van der Waals surface area (Å²) >= 11 is 0. The maximum atomic E-state index is 9.53. The van der Waals surface area contributed by atoms with Gasteiger partial charge in [0.05, 0.1) is 0 Å². The molecule has 0 bridgehead atoms. The first-order valence-electron chi connectivity index (χ1n) is 1.09. The summed E-state index contributed by atoms with van der Waals surface area (Å²) in [5.41, 5.74) is 0.188. The third-order valence-corrected chi connectivity index (χ3v) is 0.493. The van der Waals surface area contributed by atoms with E-state index >= 15 is 0 Å². The SMILES string of the molecule is N=CS(N)(=O)=O. The van der Waals surface area contributed by atoms with Crippen LogP contribution in [0.4, 0.5) is 0 Å². The van der Waals surface area contributed by atoms with Crippen molar-refractivity contribution in [1.29, 1.82) is 5.41 Å². The van der Waals surface area contributed by atoms with Crippen LogP contribution in [0.15, 0.2) is 0 Å². The number of hydrogen-bond acceptors (Lipinski definition) is 3. The van der Waals surface area contributed by atoms with E-state index in [1.54, 1.807) is 0 Å². The lowest BCUT2D eigenvalue weighted by atomic mass is 11.7. The highest BCUT2D eigenvalue weighted by molar-refractivity contribution is 8.02. The predicted octanol–water partition coefficient (Wildman–Crippen LogP) is -1.12. The van der Waals surface area contributed by atoms with Crippen LogP contribution in [0, 0.1) is 5.41 Å². The number of primary sulfonamides is 1. The minimum absolute atomic E-state index is 0.188. The second kappa shape index (κ2) is 1.36. The molecule has 0 rings (SSSR count). The third kappa shape index (κ3) is 3.58. The zero-order valence-electron chi connectivity index (χ0n) is 2.88. The molecule has 0 aromatic rings. The summed E-state index contributed by atoms with van der Waals surface area (Å²) in [6.07, 6.45) is 0. The quantitative estimate of drug-likeness (QED) is 0.329. The first-order chi connectivity index (χ1) is 2.56. The van der Waals surface area contributed by atoms with Crippen LogP contribution in [-0.4, -0.2) is 14.0 Å². The summed E-state index contributed by atoms with van der Waals surface area (Å²) in [5, 5.41) is 10.3. The number of rotatable bonds is 1. The first-order valence-corrected chi connectivity index (χ1v) is 2.70. The van der Waals surface area contributed by atoms with E-state index in [1.165, 1.54) is 0 Å². The molecule has 0 radical (unpaired) electrons. The van der Waals surface area contributed by atoms with Crippen LogP contribution in [0.3, 0.4) is 0 Å². The maximum Gasteiger partial charge on any atom is 0.247 e. The molecule has 0 unspecified atom stereocenters. The molecule has 0 aromatic carbocycles. The lowest BCUT2D eigenvalue weighted by Gasteiger charge is -1.73. The van der Waals surface area contributed by atoms with Crippen molar-refractivity contribution in [2.75, 3.05) is 0 Å². The third-order valence-electron chi connectivity index (χ3n) is 0.164. The van der Waals surface area contributed by atoms with E-state index < -0.39 is 10.0 Å². The van der Waals surface area contributed by atoms with Crippen molar-refractivity contribution in [2.24, 2.45) is 5.14 Å².